The van der Waals surface area contributed by atoms with E-state index >= 15 is 0 Å². The van der Waals surface area contributed by atoms with Crippen LogP contribution in [-0.4, -0.2) is 17.1 Å². The van der Waals surface area contributed by atoms with E-state index in [2.05, 4.69) is 20.9 Å². The minimum absolute atomic E-state index is 0.225. The van der Waals surface area contributed by atoms with Gasteiger partial charge in [-0.05, 0) is 68.3 Å². The molecule has 9 heteroatoms. The molecular weight excluding hydrogens is 612 g/mol. The zero-order valence-electron chi connectivity index (χ0n) is 22.1. The molecule has 6 nitrogen and oxygen atoms in total. The molecule has 1 aliphatic rings. The first-order chi connectivity index (χ1) is 19.2. The molecule has 0 unspecified atom stereocenters. The summed E-state index contributed by atoms with van der Waals surface area (Å²) in [6, 6.07) is 20.3. The molecule has 1 aromatic heterocycles. The van der Waals surface area contributed by atoms with Crippen molar-refractivity contribution in [2.24, 2.45) is 4.99 Å². The topological polar surface area (TPSA) is 69.9 Å². The van der Waals surface area contributed by atoms with Crippen molar-refractivity contribution in [2.75, 3.05) is 6.61 Å². The van der Waals surface area contributed by atoms with Crippen LogP contribution >= 0.6 is 38.9 Å². The van der Waals surface area contributed by atoms with Gasteiger partial charge in [0, 0.05) is 15.1 Å². The lowest BCUT2D eigenvalue weighted by Gasteiger charge is -2.24. The molecule has 0 fully saturated rings. The third kappa shape index (κ3) is 5.84. The highest BCUT2D eigenvalue weighted by Gasteiger charge is 2.33. The number of allylic oxidation sites excluding steroid dienone is 1. The predicted octanol–water partition coefficient (Wildman–Crippen LogP) is 6.10. The molecule has 1 atom stereocenters. The summed E-state index contributed by atoms with van der Waals surface area (Å²) in [7, 11) is 0. The molecular formula is C31H26BrClN2O4S. The van der Waals surface area contributed by atoms with Gasteiger partial charge in [-0.2, -0.15) is 0 Å². The second-order valence-corrected chi connectivity index (χ2v) is 11.7. The van der Waals surface area contributed by atoms with Gasteiger partial charge in [0.2, 0.25) is 0 Å². The lowest BCUT2D eigenvalue weighted by Crippen LogP contribution is -2.39. The molecule has 0 radical (unpaired) electrons. The van der Waals surface area contributed by atoms with Gasteiger partial charge >= 0.3 is 5.97 Å². The molecule has 2 heterocycles. The SMILES string of the molecule is CCOC(=O)C1=C(C)N=c2s/c(=C/c3cc(Br)ccc3OCc3ccc(Cl)cc3)c(=O)n2[C@@H]1c1ccc(C)cc1. The van der Waals surface area contributed by atoms with E-state index in [0.717, 1.165) is 26.7 Å². The highest BCUT2D eigenvalue weighted by molar-refractivity contribution is 9.10. The fourth-order valence-corrected chi connectivity index (χ4v) is 6.04. The van der Waals surface area contributed by atoms with Crippen LogP contribution in [0.1, 0.15) is 42.1 Å². The highest BCUT2D eigenvalue weighted by atomic mass is 79.9. The molecule has 0 amide bonds. The summed E-state index contributed by atoms with van der Waals surface area (Å²) in [5.41, 5.74) is 4.25. The van der Waals surface area contributed by atoms with Crippen LogP contribution in [0.5, 0.6) is 5.75 Å². The number of carbonyl (C=O) groups is 1. The molecule has 40 heavy (non-hydrogen) atoms. The molecule has 0 spiro atoms. The Morgan fingerprint density at radius 3 is 2.52 bits per heavy atom. The molecule has 0 aliphatic carbocycles. The Hall–Kier alpha value is -3.46. The van der Waals surface area contributed by atoms with Crippen LogP contribution in [0.3, 0.4) is 0 Å². The highest BCUT2D eigenvalue weighted by Crippen LogP contribution is 2.31. The minimum Gasteiger partial charge on any atom is -0.488 e. The number of carbonyl (C=O) groups excluding carboxylic acids is 1. The molecule has 0 saturated carbocycles. The third-order valence-corrected chi connectivity index (χ3v) is 8.20. The summed E-state index contributed by atoms with van der Waals surface area (Å²) < 4.78 is 14.4. The van der Waals surface area contributed by atoms with Crippen LogP contribution in [0, 0.1) is 6.92 Å². The Morgan fingerprint density at radius 1 is 1.10 bits per heavy atom. The van der Waals surface area contributed by atoms with Gasteiger partial charge in [0.25, 0.3) is 5.56 Å². The molecule has 204 valence electrons. The number of thiazole rings is 1. The minimum atomic E-state index is -0.652. The van der Waals surface area contributed by atoms with Crippen molar-refractivity contribution < 1.29 is 14.3 Å². The number of rotatable bonds is 7. The first-order valence-corrected chi connectivity index (χ1v) is 14.7. The predicted molar refractivity (Wildman–Crippen MR) is 162 cm³/mol. The fraction of sp³-hybridized carbons (Fsp3) is 0.194. The van der Waals surface area contributed by atoms with Crippen LogP contribution < -0.4 is 19.6 Å². The van der Waals surface area contributed by atoms with E-state index in [1.165, 1.54) is 11.3 Å². The van der Waals surface area contributed by atoms with Crippen molar-refractivity contribution in [2.45, 2.75) is 33.4 Å². The Balaban J connectivity index is 1.61. The second kappa shape index (κ2) is 12.0. The molecule has 4 aromatic rings. The zero-order valence-corrected chi connectivity index (χ0v) is 25.3. The van der Waals surface area contributed by atoms with E-state index in [4.69, 9.17) is 21.1 Å². The first-order valence-electron chi connectivity index (χ1n) is 12.7. The smallest absolute Gasteiger partial charge is 0.338 e. The van der Waals surface area contributed by atoms with Gasteiger partial charge in [0.05, 0.1) is 28.5 Å². The van der Waals surface area contributed by atoms with Gasteiger partial charge in [-0.3, -0.25) is 9.36 Å². The van der Waals surface area contributed by atoms with E-state index in [0.29, 0.717) is 38.0 Å². The Labute approximate surface area is 249 Å². The number of hydrogen-bond acceptors (Lipinski definition) is 6. The number of aryl methyl sites for hydroxylation is 1. The zero-order chi connectivity index (χ0) is 28.4. The number of aromatic nitrogens is 1. The standard InChI is InChI=1S/C31H26BrClN2O4S/c1-4-38-30(37)27-19(3)34-31-35(28(27)21-9-5-18(2)6-10-21)29(36)26(40-31)16-22-15-23(32)11-14-25(22)39-17-20-7-12-24(33)13-8-20/h5-16,28H,4,17H2,1-3H3/b26-16+/t28-/m1/s1. The lowest BCUT2D eigenvalue weighted by atomic mass is 9.95. The van der Waals surface area contributed by atoms with Crippen molar-refractivity contribution >= 4 is 50.9 Å². The van der Waals surface area contributed by atoms with E-state index < -0.39 is 12.0 Å². The summed E-state index contributed by atoms with van der Waals surface area (Å²) >= 11 is 10.8. The number of benzene rings is 3. The lowest BCUT2D eigenvalue weighted by molar-refractivity contribution is -0.139. The van der Waals surface area contributed by atoms with Crippen LogP contribution in [0.25, 0.3) is 6.08 Å². The molecule has 0 N–H and O–H groups in total. The quantitative estimate of drug-likeness (QED) is 0.230. The monoisotopic (exact) mass is 636 g/mol. The number of ether oxygens (including phenoxy) is 2. The second-order valence-electron chi connectivity index (χ2n) is 9.31. The Kier molecular flexibility index (Phi) is 8.40. The van der Waals surface area contributed by atoms with Crippen molar-refractivity contribution in [1.82, 2.24) is 4.57 Å². The summed E-state index contributed by atoms with van der Waals surface area (Å²) in [6.45, 7) is 6.10. The van der Waals surface area contributed by atoms with Gasteiger partial charge in [0.15, 0.2) is 4.80 Å². The normalized spacial score (nSPS) is 15.0. The van der Waals surface area contributed by atoms with Gasteiger partial charge < -0.3 is 9.47 Å². The Morgan fingerprint density at radius 2 is 1.82 bits per heavy atom. The summed E-state index contributed by atoms with van der Waals surface area (Å²) in [4.78, 5) is 32.2. The van der Waals surface area contributed by atoms with Crippen molar-refractivity contribution in [1.29, 1.82) is 0 Å². The molecule has 1 aliphatic heterocycles. The van der Waals surface area contributed by atoms with Gasteiger partial charge in [0.1, 0.15) is 12.4 Å². The van der Waals surface area contributed by atoms with Gasteiger partial charge in [-0.25, -0.2) is 9.79 Å². The maximum absolute atomic E-state index is 14.0. The van der Waals surface area contributed by atoms with E-state index in [9.17, 15) is 9.59 Å². The fourth-order valence-electron chi connectivity index (χ4n) is 4.50. The summed E-state index contributed by atoms with van der Waals surface area (Å²) in [6.07, 6.45) is 1.81. The van der Waals surface area contributed by atoms with Crippen LogP contribution in [0.2, 0.25) is 5.02 Å². The van der Waals surface area contributed by atoms with Gasteiger partial charge in [-0.15, -0.1) is 0 Å². The third-order valence-electron chi connectivity index (χ3n) is 6.48. The van der Waals surface area contributed by atoms with Crippen LogP contribution in [-0.2, 0) is 16.1 Å². The average molecular weight is 638 g/mol. The van der Waals surface area contributed by atoms with E-state index in [1.54, 1.807) is 24.5 Å². The molecule has 0 saturated heterocycles. The number of nitrogens with zero attached hydrogens (tertiary/aromatic N) is 2. The van der Waals surface area contributed by atoms with E-state index in [-0.39, 0.29) is 12.2 Å². The molecule has 5 rings (SSSR count). The summed E-state index contributed by atoms with van der Waals surface area (Å²) in [5, 5.41) is 0.661. The number of hydrogen-bond donors (Lipinski definition) is 0. The number of esters is 1. The van der Waals surface area contributed by atoms with Crippen LogP contribution in [0.4, 0.5) is 0 Å². The molecule has 0 bridgehead atoms. The van der Waals surface area contributed by atoms with Crippen molar-refractivity contribution in [3.8, 4) is 5.75 Å². The van der Waals surface area contributed by atoms with E-state index in [1.807, 2.05) is 73.7 Å². The Bertz CT molecular complexity index is 1790. The average Bonchev–Trinajstić information content (AvgIpc) is 3.23. The van der Waals surface area contributed by atoms with Crippen molar-refractivity contribution in [3.05, 3.63) is 129 Å². The number of fused-ring (bicyclic) bond motifs is 1. The molecule has 3 aromatic carbocycles. The van der Waals surface area contributed by atoms with Crippen LogP contribution in [0.15, 0.2) is 92.3 Å². The maximum Gasteiger partial charge on any atom is 0.338 e. The number of halogens is 2. The largest absolute Gasteiger partial charge is 0.488 e. The van der Waals surface area contributed by atoms with Gasteiger partial charge in [-0.1, -0.05) is 80.8 Å². The first kappa shape index (κ1) is 28.1. The summed E-state index contributed by atoms with van der Waals surface area (Å²) in [5.74, 6) is 0.149. The van der Waals surface area contributed by atoms with Crippen molar-refractivity contribution in [3.63, 3.8) is 0 Å². The maximum atomic E-state index is 14.0.